The van der Waals surface area contributed by atoms with Gasteiger partial charge in [-0.2, -0.15) is 0 Å². The van der Waals surface area contributed by atoms with Crippen molar-refractivity contribution in [2.75, 3.05) is 13.1 Å². The molecule has 0 heterocycles. The summed E-state index contributed by atoms with van der Waals surface area (Å²) in [7, 11) is 0. The third-order valence-electron chi connectivity index (χ3n) is 2.35. The largest absolute Gasteiger partial charge is 0.392 e. The van der Waals surface area contributed by atoms with E-state index in [0.29, 0.717) is 13.1 Å². The summed E-state index contributed by atoms with van der Waals surface area (Å²) in [5, 5.41) is 15.4. The van der Waals surface area contributed by atoms with Gasteiger partial charge in [-0.1, -0.05) is 20.8 Å². The molecule has 2 atom stereocenters. The molecule has 15 heavy (non-hydrogen) atoms. The fourth-order valence-corrected chi connectivity index (χ4v) is 1.03. The first-order valence-electron chi connectivity index (χ1n) is 5.68. The average Bonchev–Trinajstić information content (AvgIpc) is 2.21. The van der Waals surface area contributed by atoms with E-state index in [1.165, 1.54) is 0 Å². The van der Waals surface area contributed by atoms with Crippen LogP contribution in [0, 0.1) is 5.92 Å². The Labute approximate surface area is 92.4 Å². The highest BCUT2D eigenvalue weighted by Crippen LogP contribution is 1.99. The second kappa shape index (κ2) is 7.65. The number of hydrogen-bond donors (Lipinski definition) is 3. The fraction of sp³-hybridized carbons (Fsp3) is 0.909. The number of carbonyl (C=O) groups excluding carboxylic acids is 1. The van der Waals surface area contributed by atoms with Crippen LogP contribution in [0.4, 0.5) is 0 Å². The minimum atomic E-state index is -0.397. The van der Waals surface area contributed by atoms with Crippen molar-refractivity contribution < 1.29 is 9.90 Å². The van der Waals surface area contributed by atoms with Gasteiger partial charge in [0.25, 0.3) is 0 Å². The van der Waals surface area contributed by atoms with Crippen LogP contribution in [0.15, 0.2) is 0 Å². The maximum Gasteiger partial charge on any atom is 0.236 e. The van der Waals surface area contributed by atoms with Gasteiger partial charge in [0.15, 0.2) is 0 Å². The van der Waals surface area contributed by atoms with Crippen molar-refractivity contribution in [2.45, 2.75) is 46.3 Å². The summed E-state index contributed by atoms with van der Waals surface area (Å²) < 4.78 is 0. The molecule has 4 nitrogen and oxygen atoms in total. The third kappa shape index (κ3) is 6.47. The highest BCUT2D eigenvalue weighted by atomic mass is 16.3. The van der Waals surface area contributed by atoms with Crippen LogP contribution in [0.5, 0.6) is 0 Å². The summed E-state index contributed by atoms with van der Waals surface area (Å²) in [6, 6.07) is -0.245. The van der Waals surface area contributed by atoms with Crippen molar-refractivity contribution in [3.05, 3.63) is 0 Å². The van der Waals surface area contributed by atoms with Crippen molar-refractivity contribution in [1.29, 1.82) is 0 Å². The van der Waals surface area contributed by atoms with Gasteiger partial charge in [-0.3, -0.25) is 4.79 Å². The molecule has 0 aliphatic rings. The number of carbonyl (C=O) groups is 1. The van der Waals surface area contributed by atoms with Crippen molar-refractivity contribution in [3.63, 3.8) is 0 Å². The Hall–Kier alpha value is -0.610. The molecule has 0 bridgehead atoms. The van der Waals surface area contributed by atoms with E-state index >= 15 is 0 Å². The Bertz CT molecular complexity index is 183. The average molecular weight is 216 g/mol. The molecule has 0 aromatic heterocycles. The Balaban J connectivity index is 3.72. The van der Waals surface area contributed by atoms with Crippen molar-refractivity contribution in [2.24, 2.45) is 5.92 Å². The van der Waals surface area contributed by atoms with E-state index in [0.717, 1.165) is 6.42 Å². The van der Waals surface area contributed by atoms with E-state index in [-0.39, 0.29) is 17.9 Å². The van der Waals surface area contributed by atoms with Gasteiger partial charge in [-0.25, -0.2) is 0 Å². The van der Waals surface area contributed by atoms with E-state index in [4.69, 9.17) is 0 Å². The lowest BCUT2D eigenvalue weighted by molar-refractivity contribution is -0.122. The Morgan fingerprint density at radius 3 is 2.40 bits per heavy atom. The smallest absolute Gasteiger partial charge is 0.236 e. The van der Waals surface area contributed by atoms with Crippen LogP contribution in [-0.4, -0.2) is 36.2 Å². The number of aliphatic hydroxyl groups excluding tert-OH is 1. The maximum atomic E-state index is 11.4. The van der Waals surface area contributed by atoms with Crippen LogP contribution < -0.4 is 10.6 Å². The Morgan fingerprint density at radius 1 is 1.33 bits per heavy atom. The molecule has 0 aliphatic heterocycles. The second-order valence-electron chi connectivity index (χ2n) is 4.23. The molecule has 4 heteroatoms. The molecule has 3 N–H and O–H groups in total. The van der Waals surface area contributed by atoms with E-state index in [1.807, 2.05) is 20.8 Å². The molecule has 0 aromatic rings. The molecule has 2 unspecified atom stereocenters. The third-order valence-corrected chi connectivity index (χ3v) is 2.35. The van der Waals surface area contributed by atoms with Crippen LogP contribution in [-0.2, 0) is 4.79 Å². The van der Waals surface area contributed by atoms with Crippen molar-refractivity contribution >= 4 is 5.91 Å². The summed E-state index contributed by atoms with van der Waals surface area (Å²) in [4.78, 5) is 11.4. The van der Waals surface area contributed by atoms with Crippen molar-refractivity contribution in [1.82, 2.24) is 10.6 Å². The molecule has 0 aliphatic carbocycles. The van der Waals surface area contributed by atoms with Gasteiger partial charge < -0.3 is 15.7 Å². The zero-order valence-electron chi connectivity index (χ0n) is 10.2. The first kappa shape index (κ1) is 14.4. The van der Waals surface area contributed by atoms with Gasteiger partial charge in [0.2, 0.25) is 5.91 Å². The summed E-state index contributed by atoms with van der Waals surface area (Å²) in [5.74, 6) is 0.205. The minimum Gasteiger partial charge on any atom is -0.392 e. The van der Waals surface area contributed by atoms with Crippen LogP contribution in [0.3, 0.4) is 0 Å². The molecule has 0 spiro atoms. The summed E-state index contributed by atoms with van der Waals surface area (Å²) >= 11 is 0. The lowest BCUT2D eigenvalue weighted by Crippen LogP contribution is -2.45. The number of aliphatic hydroxyl groups is 1. The molecule has 0 fully saturated rings. The predicted molar refractivity (Wildman–Crippen MR) is 61.6 cm³/mol. The molecule has 0 rings (SSSR count). The zero-order valence-corrected chi connectivity index (χ0v) is 10.2. The standard InChI is InChI=1S/C11H24N2O2/c1-5-6-12-11(15)9(4)13-7-10(14)8(2)3/h8-10,13-14H,5-7H2,1-4H3,(H,12,15). The van der Waals surface area contributed by atoms with Crippen LogP contribution in [0.1, 0.15) is 34.1 Å². The highest BCUT2D eigenvalue weighted by molar-refractivity contribution is 5.81. The predicted octanol–water partition coefficient (Wildman–Crippen LogP) is 0.508. The number of nitrogens with one attached hydrogen (secondary N) is 2. The number of amides is 1. The fourth-order valence-electron chi connectivity index (χ4n) is 1.03. The van der Waals surface area contributed by atoms with Crippen LogP contribution in [0.2, 0.25) is 0 Å². The molecule has 0 aromatic carbocycles. The molecular weight excluding hydrogens is 192 g/mol. The normalized spacial score (nSPS) is 15.1. The molecular formula is C11H24N2O2. The van der Waals surface area contributed by atoms with E-state index in [1.54, 1.807) is 6.92 Å². The minimum absolute atomic E-state index is 0.00666. The SMILES string of the molecule is CCCNC(=O)C(C)NCC(O)C(C)C. The lowest BCUT2D eigenvalue weighted by atomic mass is 10.1. The quantitative estimate of drug-likeness (QED) is 0.581. The van der Waals surface area contributed by atoms with Gasteiger partial charge in [0.1, 0.15) is 0 Å². The van der Waals surface area contributed by atoms with Crippen molar-refractivity contribution in [3.8, 4) is 0 Å². The van der Waals surface area contributed by atoms with Gasteiger partial charge >= 0.3 is 0 Å². The summed E-state index contributed by atoms with van der Waals surface area (Å²) in [6.07, 6.45) is 0.541. The molecule has 0 saturated heterocycles. The van der Waals surface area contributed by atoms with Crippen LogP contribution in [0.25, 0.3) is 0 Å². The first-order chi connectivity index (χ1) is 6.99. The maximum absolute atomic E-state index is 11.4. The summed E-state index contributed by atoms with van der Waals surface area (Å²) in [6.45, 7) is 8.89. The Kier molecular flexibility index (Phi) is 7.34. The zero-order chi connectivity index (χ0) is 11.8. The molecule has 90 valence electrons. The first-order valence-corrected chi connectivity index (χ1v) is 5.68. The summed E-state index contributed by atoms with van der Waals surface area (Å²) in [5.41, 5.74) is 0. The topological polar surface area (TPSA) is 61.4 Å². The highest BCUT2D eigenvalue weighted by Gasteiger charge is 2.14. The molecule has 0 radical (unpaired) electrons. The van der Waals surface area contributed by atoms with E-state index in [2.05, 4.69) is 10.6 Å². The number of hydrogen-bond acceptors (Lipinski definition) is 3. The number of rotatable bonds is 7. The van der Waals surface area contributed by atoms with Crippen LogP contribution >= 0.6 is 0 Å². The van der Waals surface area contributed by atoms with E-state index < -0.39 is 6.10 Å². The van der Waals surface area contributed by atoms with Gasteiger partial charge in [0, 0.05) is 13.1 Å². The lowest BCUT2D eigenvalue weighted by Gasteiger charge is -2.18. The van der Waals surface area contributed by atoms with E-state index in [9.17, 15) is 9.90 Å². The second-order valence-corrected chi connectivity index (χ2v) is 4.23. The van der Waals surface area contributed by atoms with Gasteiger partial charge in [0.05, 0.1) is 12.1 Å². The Morgan fingerprint density at radius 2 is 1.93 bits per heavy atom. The van der Waals surface area contributed by atoms with Gasteiger partial charge in [-0.15, -0.1) is 0 Å². The molecule has 0 saturated carbocycles. The van der Waals surface area contributed by atoms with Gasteiger partial charge in [-0.05, 0) is 19.3 Å². The monoisotopic (exact) mass is 216 g/mol. The molecule has 1 amide bonds.